The van der Waals surface area contributed by atoms with E-state index in [0.717, 1.165) is 17.7 Å². The predicted molar refractivity (Wildman–Crippen MR) is 48.4 cm³/mol. The first-order chi connectivity index (χ1) is 6.44. The van der Waals surface area contributed by atoms with Gasteiger partial charge in [0.2, 0.25) is 0 Å². The normalized spacial score (nSPS) is 16.9. The van der Waals surface area contributed by atoms with Gasteiger partial charge in [0.05, 0.1) is 5.84 Å². The van der Waals surface area contributed by atoms with Crippen molar-refractivity contribution in [3.8, 4) is 0 Å². The summed E-state index contributed by atoms with van der Waals surface area (Å²) in [6.45, 7) is 1.18. The molecular weight excluding hydrogens is 193 g/mol. The van der Waals surface area contributed by atoms with Crippen molar-refractivity contribution in [1.82, 2.24) is 4.90 Å². The maximum Gasteiger partial charge on any atom is 0.405 e. The quantitative estimate of drug-likeness (QED) is 0.558. The fourth-order valence-electron chi connectivity index (χ4n) is 1.39. The van der Waals surface area contributed by atoms with Gasteiger partial charge in [0.15, 0.2) is 0 Å². The van der Waals surface area contributed by atoms with Crippen LogP contribution in [0.2, 0.25) is 0 Å². The Morgan fingerprint density at radius 1 is 1.43 bits per heavy atom. The van der Waals surface area contributed by atoms with E-state index >= 15 is 0 Å². The van der Waals surface area contributed by atoms with Gasteiger partial charge in [-0.1, -0.05) is 6.92 Å². The summed E-state index contributed by atoms with van der Waals surface area (Å²) < 4.78 is 36.4. The highest BCUT2D eigenvalue weighted by atomic mass is 19.4. The Bertz CT molecular complexity index is 209. The third-order valence-corrected chi connectivity index (χ3v) is 2.17. The van der Waals surface area contributed by atoms with Gasteiger partial charge in [-0.25, -0.2) is 0 Å². The molecule has 2 nitrogen and oxygen atoms in total. The molecule has 82 valence electrons. The Morgan fingerprint density at radius 3 is 2.36 bits per heavy atom. The van der Waals surface area contributed by atoms with E-state index in [1.165, 1.54) is 0 Å². The van der Waals surface area contributed by atoms with Crippen LogP contribution in [0.3, 0.4) is 0 Å². The molecule has 14 heavy (non-hydrogen) atoms. The number of hydrogen-bond donors (Lipinski definition) is 1. The third-order valence-electron chi connectivity index (χ3n) is 2.17. The number of nitrogens with zero attached hydrogens (tertiary/aromatic N) is 1. The first-order valence-corrected chi connectivity index (χ1v) is 4.84. The Morgan fingerprint density at radius 2 is 2.00 bits per heavy atom. The second-order valence-electron chi connectivity index (χ2n) is 3.70. The van der Waals surface area contributed by atoms with Crippen LogP contribution in [0.4, 0.5) is 13.2 Å². The Labute approximate surface area is 81.6 Å². The standard InChI is InChI=1S/C9H15F3N2/c1-2-5-14(6-9(10,11)12)8(13)7-3-4-7/h7,13H,2-6H2,1H3. The molecule has 5 heteroatoms. The lowest BCUT2D eigenvalue weighted by molar-refractivity contribution is -0.138. The summed E-state index contributed by atoms with van der Waals surface area (Å²) in [5.74, 6) is 0.257. The van der Waals surface area contributed by atoms with Crippen LogP contribution in [-0.2, 0) is 0 Å². The van der Waals surface area contributed by atoms with Crippen LogP contribution in [0.25, 0.3) is 0 Å². The van der Waals surface area contributed by atoms with Gasteiger partial charge in [-0.2, -0.15) is 13.2 Å². The van der Waals surface area contributed by atoms with Gasteiger partial charge in [0, 0.05) is 12.5 Å². The summed E-state index contributed by atoms with van der Waals surface area (Å²) in [5.41, 5.74) is 0. The lowest BCUT2D eigenvalue weighted by Gasteiger charge is -2.25. The van der Waals surface area contributed by atoms with Crippen molar-refractivity contribution in [2.24, 2.45) is 5.92 Å². The van der Waals surface area contributed by atoms with E-state index in [0.29, 0.717) is 13.0 Å². The summed E-state index contributed by atoms with van der Waals surface area (Å²) in [5, 5.41) is 7.57. The first-order valence-electron chi connectivity index (χ1n) is 4.84. The van der Waals surface area contributed by atoms with Gasteiger partial charge >= 0.3 is 6.18 Å². The SMILES string of the molecule is CCCN(CC(F)(F)F)C(=N)C1CC1. The van der Waals surface area contributed by atoms with Crippen molar-refractivity contribution < 1.29 is 13.2 Å². The summed E-state index contributed by atoms with van der Waals surface area (Å²) in [6, 6.07) is 0. The van der Waals surface area contributed by atoms with E-state index < -0.39 is 12.7 Å². The second kappa shape index (κ2) is 4.19. The highest BCUT2D eigenvalue weighted by Gasteiger charge is 2.36. The largest absolute Gasteiger partial charge is 0.405 e. The maximum atomic E-state index is 12.1. The number of alkyl halides is 3. The Kier molecular flexibility index (Phi) is 3.39. The van der Waals surface area contributed by atoms with Gasteiger partial charge in [0.1, 0.15) is 6.54 Å². The zero-order valence-corrected chi connectivity index (χ0v) is 8.19. The van der Waals surface area contributed by atoms with Crippen LogP contribution in [-0.4, -0.2) is 30.0 Å². The molecule has 0 amide bonds. The van der Waals surface area contributed by atoms with Gasteiger partial charge in [-0.15, -0.1) is 0 Å². The number of rotatable bonds is 4. The molecule has 1 rings (SSSR count). The van der Waals surface area contributed by atoms with Crippen LogP contribution in [0.1, 0.15) is 26.2 Å². The zero-order chi connectivity index (χ0) is 10.8. The molecular formula is C9H15F3N2. The molecule has 0 bridgehead atoms. The first kappa shape index (κ1) is 11.3. The molecule has 1 fully saturated rings. The lowest BCUT2D eigenvalue weighted by Crippen LogP contribution is -2.39. The highest BCUT2D eigenvalue weighted by Crippen LogP contribution is 2.32. The molecule has 0 heterocycles. The van der Waals surface area contributed by atoms with Crippen LogP contribution in [0.15, 0.2) is 0 Å². The van der Waals surface area contributed by atoms with E-state index in [4.69, 9.17) is 5.41 Å². The molecule has 0 aromatic carbocycles. The Balaban J connectivity index is 2.49. The molecule has 1 N–H and O–H groups in total. The van der Waals surface area contributed by atoms with E-state index in [1.54, 1.807) is 0 Å². The van der Waals surface area contributed by atoms with Crippen molar-refractivity contribution in [3.05, 3.63) is 0 Å². The molecule has 1 aliphatic carbocycles. The van der Waals surface area contributed by atoms with E-state index in [9.17, 15) is 13.2 Å². The van der Waals surface area contributed by atoms with Crippen molar-refractivity contribution in [2.45, 2.75) is 32.4 Å². The second-order valence-corrected chi connectivity index (χ2v) is 3.70. The number of nitrogens with one attached hydrogen (secondary N) is 1. The van der Waals surface area contributed by atoms with Gasteiger partial charge < -0.3 is 4.90 Å². The Hall–Kier alpha value is -0.740. The van der Waals surface area contributed by atoms with Gasteiger partial charge in [-0.3, -0.25) is 5.41 Å². The molecule has 0 aliphatic heterocycles. The summed E-state index contributed by atoms with van der Waals surface area (Å²) in [6.07, 6.45) is -1.81. The van der Waals surface area contributed by atoms with Crippen molar-refractivity contribution in [2.75, 3.05) is 13.1 Å². The smallest absolute Gasteiger partial charge is 0.351 e. The monoisotopic (exact) mass is 208 g/mol. The predicted octanol–water partition coefficient (Wildman–Crippen LogP) is 2.65. The van der Waals surface area contributed by atoms with Crippen molar-refractivity contribution >= 4 is 5.84 Å². The van der Waals surface area contributed by atoms with E-state index in [1.807, 2.05) is 6.92 Å². The minimum Gasteiger partial charge on any atom is -0.351 e. The summed E-state index contributed by atoms with van der Waals surface area (Å²) in [4.78, 5) is 1.15. The molecule has 1 aliphatic rings. The maximum absolute atomic E-state index is 12.1. The van der Waals surface area contributed by atoms with E-state index in [-0.39, 0.29) is 11.8 Å². The molecule has 0 atom stereocenters. The third kappa shape index (κ3) is 3.55. The van der Waals surface area contributed by atoms with Gasteiger partial charge in [0.25, 0.3) is 0 Å². The average Bonchev–Trinajstić information content (AvgIpc) is 2.82. The van der Waals surface area contributed by atoms with Crippen LogP contribution in [0, 0.1) is 11.3 Å². The van der Waals surface area contributed by atoms with Crippen molar-refractivity contribution in [3.63, 3.8) is 0 Å². The van der Waals surface area contributed by atoms with Crippen LogP contribution < -0.4 is 0 Å². The molecule has 0 aromatic heterocycles. The van der Waals surface area contributed by atoms with Crippen LogP contribution in [0.5, 0.6) is 0 Å². The fraction of sp³-hybridized carbons (Fsp3) is 0.889. The highest BCUT2D eigenvalue weighted by molar-refractivity contribution is 5.83. The van der Waals surface area contributed by atoms with Crippen LogP contribution >= 0.6 is 0 Å². The molecule has 0 spiro atoms. The number of amidine groups is 1. The molecule has 0 saturated heterocycles. The molecule has 0 aromatic rings. The minimum absolute atomic E-state index is 0.0869. The molecule has 0 radical (unpaired) electrons. The lowest BCUT2D eigenvalue weighted by atomic mass is 10.3. The van der Waals surface area contributed by atoms with Crippen molar-refractivity contribution in [1.29, 1.82) is 5.41 Å². The van der Waals surface area contributed by atoms with E-state index in [2.05, 4.69) is 0 Å². The number of hydrogen-bond acceptors (Lipinski definition) is 1. The molecule has 1 saturated carbocycles. The topological polar surface area (TPSA) is 27.1 Å². The fourth-order valence-corrected chi connectivity index (χ4v) is 1.39. The zero-order valence-electron chi connectivity index (χ0n) is 8.19. The number of halogens is 3. The molecule has 0 unspecified atom stereocenters. The van der Waals surface area contributed by atoms with Gasteiger partial charge in [-0.05, 0) is 19.3 Å². The minimum atomic E-state index is -4.20. The average molecular weight is 208 g/mol. The summed E-state index contributed by atoms with van der Waals surface area (Å²) >= 11 is 0. The summed E-state index contributed by atoms with van der Waals surface area (Å²) in [7, 11) is 0.